The van der Waals surface area contributed by atoms with Gasteiger partial charge < -0.3 is 14.8 Å². The van der Waals surface area contributed by atoms with Gasteiger partial charge in [0.2, 0.25) is 5.91 Å². The van der Waals surface area contributed by atoms with Crippen molar-refractivity contribution >= 4 is 11.6 Å². The zero-order valence-corrected chi connectivity index (χ0v) is 19.2. The van der Waals surface area contributed by atoms with Gasteiger partial charge in [-0.1, -0.05) is 35.9 Å². The highest BCUT2D eigenvalue weighted by atomic mass is 16.5. The first kappa shape index (κ1) is 22.3. The van der Waals surface area contributed by atoms with Crippen LogP contribution in [0.5, 0.6) is 11.5 Å². The lowest BCUT2D eigenvalue weighted by Crippen LogP contribution is -2.27. The summed E-state index contributed by atoms with van der Waals surface area (Å²) in [4.78, 5) is 12.6. The maximum atomic E-state index is 12.6. The van der Waals surface area contributed by atoms with Gasteiger partial charge in [-0.25, -0.2) is 0 Å². The van der Waals surface area contributed by atoms with Crippen LogP contribution in [0.1, 0.15) is 36.3 Å². The predicted molar refractivity (Wildman–Crippen MR) is 125 cm³/mol. The SMILES string of the molecule is COc1ccc([C@H](C)NC(=O)CCc2nnc3ccc(-c4ccc(C)cc4)nn23)cc1OC. The number of aromatic nitrogens is 4. The highest BCUT2D eigenvalue weighted by molar-refractivity contribution is 5.76. The molecule has 0 unspecified atom stereocenters. The van der Waals surface area contributed by atoms with Crippen LogP contribution >= 0.6 is 0 Å². The summed E-state index contributed by atoms with van der Waals surface area (Å²) in [5, 5.41) is 16.1. The van der Waals surface area contributed by atoms with Gasteiger partial charge in [0, 0.05) is 18.4 Å². The van der Waals surface area contributed by atoms with E-state index in [-0.39, 0.29) is 18.4 Å². The molecule has 4 rings (SSSR count). The van der Waals surface area contributed by atoms with Gasteiger partial charge in [0.15, 0.2) is 23.0 Å². The number of amides is 1. The van der Waals surface area contributed by atoms with Crippen LogP contribution in [-0.4, -0.2) is 39.9 Å². The number of hydrogen-bond acceptors (Lipinski definition) is 6. The lowest BCUT2D eigenvalue weighted by Gasteiger charge is -2.16. The van der Waals surface area contributed by atoms with Gasteiger partial charge in [0.25, 0.3) is 0 Å². The normalized spacial score (nSPS) is 11.9. The van der Waals surface area contributed by atoms with Crippen molar-refractivity contribution in [2.75, 3.05) is 14.2 Å². The summed E-state index contributed by atoms with van der Waals surface area (Å²) >= 11 is 0. The van der Waals surface area contributed by atoms with E-state index in [0.717, 1.165) is 16.8 Å². The lowest BCUT2D eigenvalue weighted by molar-refractivity contribution is -0.121. The van der Waals surface area contributed by atoms with Crippen molar-refractivity contribution in [3.8, 4) is 22.8 Å². The van der Waals surface area contributed by atoms with Crippen LogP contribution in [0.25, 0.3) is 16.9 Å². The van der Waals surface area contributed by atoms with Gasteiger partial charge in [-0.3, -0.25) is 4.79 Å². The number of nitrogens with zero attached hydrogens (tertiary/aromatic N) is 4. The number of hydrogen-bond donors (Lipinski definition) is 1. The molecule has 2 aromatic heterocycles. The molecular formula is C25H27N5O3. The molecule has 0 spiro atoms. The number of carbonyl (C=O) groups excluding carboxylic acids is 1. The second-order valence-electron chi connectivity index (χ2n) is 7.87. The van der Waals surface area contributed by atoms with E-state index in [2.05, 4.69) is 34.6 Å². The summed E-state index contributed by atoms with van der Waals surface area (Å²) in [6, 6.07) is 17.4. The second kappa shape index (κ2) is 9.68. The first-order valence-electron chi connectivity index (χ1n) is 10.8. The third kappa shape index (κ3) is 4.95. The highest BCUT2D eigenvalue weighted by Gasteiger charge is 2.15. The molecule has 2 aromatic carbocycles. The van der Waals surface area contributed by atoms with Crippen LogP contribution in [0, 0.1) is 6.92 Å². The summed E-state index contributed by atoms with van der Waals surface area (Å²) < 4.78 is 12.3. The number of nitrogens with one attached hydrogen (secondary N) is 1. The Bertz CT molecular complexity index is 1270. The Balaban J connectivity index is 1.43. The Morgan fingerprint density at radius 1 is 1.00 bits per heavy atom. The van der Waals surface area contributed by atoms with Crippen LogP contribution in [0.3, 0.4) is 0 Å². The van der Waals surface area contributed by atoms with Gasteiger partial charge in [-0.2, -0.15) is 9.61 Å². The van der Waals surface area contributed by atoms with E-state index in [9.17, 15) is 4.79 Å². The highest BCUT2D eigenvalue weighted by Crippen LogP contribution is 2.30. The van der Waals surface area contributed by atoms with Gasteiger partial charge in [-0.15, -0.1) is 10.2 Å². The van der Waals surface area contributed by atoms with Crippen molar-refractivity contribution in [2.45, 2.75) is 32.7 Å². The standard InChI is InChI=1S/C25H27N5O3/c1-16-5-7-18(8-6-16)20-10-12-23-27-28-24(30(23)29-20)13-14-25(31)26-17(2)19-9-11-21(32-3)22(15-19)33-4/h5-12,15,17H,13-14H2,1-4H3,(H,26,31)/t17-/m0/s1. The Labute approximate surface area is 192 Å². The third-order valence-corrected chi connectivity index (χ3v) is 5.54. The monoisotopic (exact) mass is 445 g/mol. The van der Waals surface area contributed by atoms with Crippen molar-refractivity contribution < 1.29 is 14.3 Å². The van der Waals surface area contributed by atoms with Gasteiger partial charge in [0.05, 0.1) is 26.0 Å². The molecular weight excluding hydrogens is 418 g/mol. The van der Waals surface area contributed by atoms with Crippen LogP contribution < -0.4 is 14.8 Å². The molecule has 0 bridgehead atoms. The average molecular weight is 446 g/mol. The van der Waals surface area contributed by atoms with E-state index >= 15 is 0 Å². The molecule has 170 valence electrons. The topological polar surface area (TPSA) is 90.6 Å². The maximum Gasteiger partial charge on any atom is 0.220 e. The van der Waals surface area contributed by atoms with E-state index in [1.54, 1.807) is 18.7 Å². The molecule has 1 atom stereocenters. The lowest BCUT2D eigenvalue weighted by atomic mass is 10.1. The van der Waals surface area contributed by atoms with Gasteiger partial charge in [0.1, 0.15) is 0 Å². The summed E-state index contributed by atoms with van der Waals surface area (Å²) in [6.45, 7) is 3.98. The van der Waals surface area contributed by atoms with Crippen molar-refractivity contribution in [1.29, 1.82) is 0 Å². The predicted octanol–water partition coefficient (Wildman–Crippen LogP) is 3.93. The quantitative estimate of drug-likeness (QED) is 0.442. The number of ether oxygens (including phenoxy) is 2. The van der Waals surface area contributed by atoms with E-state index in [1.807, 2.05) is 49.4 Å². The first-order valence-corrected chi connectivity index (χ1v) is 10.8. The molecule has 0 aliphatic rings. The Morgan fingerprint density at radius 2 is 1.76 bits per heavy atom. The molecule has 2 heterocycles. The molecule has 0 aliphatic heterocycles. The minimum atomic E-state index is -0.182. The Kier molecular flexibility index (Phi) is 6.53. The molecule has 0 radical (unpaired) electrons. The molecule has 4 aromatic rings. The summed E-state index contributed by atoms with van der Waals surface area (Å²) in [6.07, 6.45) is 0.699. The first-order chi connectivity index (χ1) is 16.0. The van der Waals surface area contributed by atoms with Crippen molar-refractivity contribution in [3.05, 3.63) is 71.5 Å². The number of fused-ring (bicyclic) bond motifs is 1. The average Bonchev–Trinajstić information content (AvgIpc) is 3.25. The fourth-order valence-corrected chi connectivity index (χ4v) is 3.61. The minimum absolute atomic E-state index is 0.0799. The zero-order chi connectivity index (χ0) is 23.4. The van der Waals surface area contributed by atoms with E-state index in [0.29, 0.717) is 29.4 Å². The Hall–Kier alpha value is -3.94. The van der Waals surface area contributed by atoms with Crippen LogP contribution in [0.2, 0.25) is 0 Å². The fourth-order valence-electron chi connectivity index (χ4n) is 3.61. The number of methoxy groups -OCH3 is 2. The molecule has 8 heteroatoms. The van der Waals surface area contributed by atoms with Crippen molar-refractivity contribution in [3.63, 3.8) is 0 Å². The fraction of sp³-hybridized carbons (Fsp3) is 0.280. The summed E-state index contributed by atoms with van der Waals surface area (Å²) in [5.41, 5.74) is 4.62. The van der Waals surface area contributed by atoms with Crippen LogP contribution in [0.4, 0.5) is 0 Å². The van der Waals surface area contributed by atoms with Gasteiger partial charge >= 0.3 is 0 Å². The van der Waals surface area contributed by atoms with E-state index in [1.165, 1.54) is 5.56 Å². The Morgan fingerprint density at radius 3 is 2.48 bits per heavy atom. The number of carbonyl (C=O) groups is 1. The van der Waals surface area contributed by atoms with E-state index in [4.69, 9.17) is 14.6 Å². The molecule has 0 aliphatic carbocycles. The molecule has 0 saturated carbocycles. The maximum absolute atomic E-state index is 12.6. The van der Waals surface area contributed by atoms with Gasteiger partial charge in [-0.05, 0) is 43.7 Å². The molecule has 1 N–H and O–H groups in total. The summed E-state index contributed by atoms with van der Waals surface area (Å²) in [5.74, 6) is 1.84. The molecule has 0 saturated heterocycles. The number of benzene rings is 2. The third-order valence-electron chi connectivity index (χ3n) is 5.54. The summed E-state index contributed by atoms with van der Waals surface area (Å²) in [7, 11) is 3.18. The van der Waals surface area contributed by atoms with E-state index < -0.39 is 0 Å². The minimum Gasteiger partial charge on any atom is -0.493 e. The van der Waals surface area contributed by atoms with Crippen molar-refractivity contribution in [1.82, 2.24) is 25.1 Å². The smallest absolute Gasteiger partial charge is 0.220 e. The van der Waals surface area contributed by atoms with Crippen LogP contribution in [-0.2, 0) is 11.2 Å². The molecule has 33 heavy (non-hydrogen) atoms. The van der Waals surface area contributed by atoms with Crippen LogP contribution in [0.15, 0.2) is 54.6 Å². The van der Waals surface area contributed by atoms with Crippen molar-refractivity contribution in [2.24, 2.45) is 0 Å². The molecule has 0 fully saturated rings. The zero-order valence-electron chi connectivity index (χ0n) is 19.2. The molecule has 1 amide bonds. The molecule has 8 nitrogen and oxygen atoms in total. The number of aryl methyl sites for hydroxylation is 2. The number of rotatable bonds is 8. The largest absolute Gasteiger partial charge is 0.493 e. The second-order valence-corrected chi connectivity index (χ2v) is 7.87.